The molecule has 258 valence electrons. The van der Waals surface area contributed by atoms with Gasteiger partial charge in [0.2, 0.25) is 0 Å². The topological polar surface area (TPSA) is 43.4 Å². The predicted octanol–water partition coefficient (Wildman–Crippen LogP) is 9.34. The van der Waals surface area contributed by atoms with Crippen molar-refractivity contribution >= 4 is 5.97 Å². The van der Waals surface area contributed by atoms with E-state index in [0.717, 1.165) is 12.8 Å². The average Bonchev–Trinajstić information content (AvgIpc) is 2.99. The fourth-order valence-corrected chi connectivity index (χ4v) is 6.65. The van der Waals surface area contributed by atoms with Crippen LogP contribution in [0.4, 0.5) is 0 Å². The molecule has 0 aromatic heterocycles. The molecule has 0 bridgehead atoms. The van der Waals surface area contributed by atoms with Gasteiger partial charge in [0.05, 0.1) is 0 Å². The summed E-state index contributed by atoms with van der Waals surface area (Å²) < 4.78 is 0. The molecule has 0 radical (unpaired) electrons. The Morgan fingerprint density at radius 2 is 0.705 bits per heavy atom. The molecule has 0 saturated carbocycles. The Bertz CT molecular complexity index is 509. The summed E-state index contributed by atoms with van der Waals surface area (Å²) in [6, 6.07) is 0.484. The molecule has 0 aliphatic rings. The molecule has 0 spiro atoms. The van der Waals surface area contributed by atoms with Gasteiger partial charge in [-0.2, -0.15) is 0 Å². The van der Waals surface area contributed by atoms with E-state index in [1.807, 2.05) is 0 Å². The number of rotatable bonds is 37. The Hall–Kier alpha value is 0.430. The summed E-state index contributed by atoms with van der Waals surface area (Å²) in [5.74, 6) is -0.899. The standard InChI is InChI=1S/C40H81NO2.Na/c1-4-6-8-10-12-14-16-18-20-22-24-26-28-30-32-37-41(39(3)35-34-36-40(42)43)38-33-31-29-27-25-23-21-19-17-15-13-11-9-7-5-2;/h39H,4-38H2,1-3H3,(H,42,43);/q;+1/p-1. The SMILES string of the molecule is CCCCCCCCCCCCCCCCCN(CCCCCCCCCCCCCCCCC)C(C)CCCC(=O)[O-].[Na+]. The number of aliphatic carboxylic acids is 1. The maximum Gasteiger partial charge on any atom is 1.00 e. The molecule has 0 aromatic carbocycles. The third-order valence-electron chi connectivity index (χ3n) is 9.72. The molecular weight excluding hydrogens is 549 g/mol. The van der Waals surface area contributed by atoms with Crippen molar-refractivity contribution < 1.29 is 39.5 Å². The van der Waals surface area contributed by atoms with Gasteiger partial charge >= 0.3 is 29.6 Å². The zero-order valence-electron chi connectivity index (χ0n) is 31.1. The number of carbonyl (C=O) groups excluding carboxylic acids is 1. The molecule has 0 aromatic rings. The van der Waals surface area contributed by atoms with E-state index in [4.69, 9.17) is 0 Å². The average molecular weight is 630 g/mol. The molecule has 0 aliphatic heterocycles. The summed E-state index contributed by atoms with van der Waals surface area (Å²) in [5, 5.41) is 10.9. The van der Waals surface area contributed by atoms with Crippen LogP contribution in [0.3, 0.4) is 0 Å². The van der Waals surface area contributed by atoms with Gasteiger partial charge in [-0.15, -0.1) is 0 Å². The molecule has 0 saturated heterocycles. The summed E-state index contributed by atoms with van der Waals surface area (Å²) in [4.78, 5) is 13.5. The fourth-order valence-electron chi connectivity index (χ4n) is 6.65. The monoisotopic (exact) mass is 630 g/mol. The second-order valence-corrected chi connectivity index (χ2v) is 14.0. The van der Waals surface area contributed by atoms with Crippen molar-refractivity contribution in [3.8, 4) is 0 Å². The zero-order chi connectivity index (χ0) is 31.5. The van der Waals surface area contributed by atoms with Gasteiger partial charge in [-0.1, -0.05) is 194 Å². The number of hydrogen-bond acceptors (Lipinski definition) is 3. The Balaban J connectivity index is 0. The number of carboxylic acid groups (broad SMARTS) is 1. The van der Waals surface area contributed by atoms with E-state index in [1.165, 1.54) is 206 Å². The van der Waals surface area contributed by atoms with E-state index in [1.54, 1.807) is 0 Å². The number of nitrogens with zero attached hydrogens (tertiary/aromatic N) is 1. The van der Waals surface area contributed by atoms with Crippen molar-refractivity contribution in [1.29, 1.82) is 0 Å². The summed E-state index contributed by atoms with van der Waals surface area (Å²) in [6.07, 6.45) is 44.2. The maximum absolute atomic E-state index is 10.9. The first-order valence-electron chi connectivity index (χ1n) is 20.1. The van der Waals surface area contributed by atoms with E-state index in [0.29, 0.717) is 6.04 Å². The largest absolute Gasteiger partial charge is 1.00 e. The molecule has 0 fully saturated rings. The van der Waals surface area contributed by atoms with Gasteiger partial charge in [-0.25, -0.2) is 0 Å². The second kappa shape index (κ2) is 39.6. The van der Waals surface area contributed by atoms with Gasteiger partial charge in [0.1, 0.15) is 0 Å². The molecule has 0 N–H and O–H groups in total. The van der Waals surface area contributed by atoms with E-state index < -0.39 is 5.97 Å². The third-order valence-corrected chi connectivity index (χ3v) is 9.72. The van der Waals surface area contributed by atoms with Crippen LogP contribution >= 0.6 is 0 Å². The summed E-state index contributed by atoms with van der Waals surface area (Å²) in [5.41, 5.74) is 0. The quantitative estimate of drug-likeness (QED) is 0.0508. The third kappa shape index (κ3) is 36.9. The summed E-state index contributed by atoms with van der Waals surface area (Å²) >= 11 is 0. The van der Waals surface area contributed by atoms with Crippen molar-refractivity contribution in [2.24, 2.45) is 0 Å². The Kier molecular flexibility index (Phi) is 41.9. The van der Waals surface area contributed by atoms with Crippen molar-refractivity contribution in [3.05, 3.63) is 0 Å². The Morgan fingerprint density at radius 3 is 0.955 bits per heavy atom. The number of hydrogen-bond donors (Lipinski definition) is 0. The molecule has 3 nitrogen and oxygen atoms in total. The van der Waals surface area contributed by atoms with Crippen LogP contribution in [0.1, 0.15) is 233 Å². The first kappa shape index (κ1) is 46.5. The van der Waals surface area contributed by atoms with Gasteiger partial charge in [0.25, 0.3) is 0 Å². The van der Waals surface area contributed by atoms with E-state index in [2.05, 4.69) is 25.7 Å². The first-order valence-corrected chi connectivity index (χ1v) is 20.1. The zero-order valence-corrected chi connectivity index (χ0v) is 33.1. The minimum absolute atomic E-state index is 0. The van der Waals surface area contributed by atoms with Crippen LogP contribution in [-0.4, -0.2) is 30.0 Å². The van der Waals surface area contributed by atoms with Crippen molar-refractivity contribution in [2.45, 2.75) is 239 Å². The molecule has 1 unspecified atom stereocenters. The molecule has 0 heterocycles. The minimum Gasteiger partial charge on any atom is -0.550 e. The molecule has 0 amide bonds. The Morgan fingerprint density at radius 1 is 0.455 bits per heavy atom. The number of unbranched alkanes of at least 4 members (excludes halogenated alkanes) is 28. The van der Waals surface area contributed by atoms with Gasteiger partial charge in [0.15, 0.2) is 0 Å². The maximum atomic E-state index is 10.9. The normalized spacial score (nSPS) is 12.1. The van der Waals surface area contributed by atoms with Gasteiger partial charge in [-0.3, -0.25) is 0 Å². The van der Waals surface area contributed by atoms with Crippen LogP contribution in [0.5, 0.6) is 0 Å². The fraction of sp³-hybridized carbons (Fsp3) is 0.975. The smallest absolute Gasteiger partial charge is 0.550 e. The van der Waals surface area contributed by atoms with Crippen LogP contribution in [0.15, 0.2) is 0 Å². The van der Waals surface area contributed by atoms with Crippen LogP contribution in [-0.2, 0) is 4.79 Å². The van der Waals surface area contributed by atoms with Crippen LogP contribution in [0, 0.1) is 0 Å². The van der Waals surface area contributed by atoms with E-state index in [-0.39, 0.29) is 36.0 Å². The van der Waals surface area contributed by atoms with E-state index in [9.17, 15) is 9.90 Å². The first-order chi connectivity index (χ1) is 21.1. The van der Waals surface area contributed by atoms with Gasteiger partial charge < -0.3 is 14.8 Å². The van der Waals surface area contributed by atoms with Crippen LogP contribution in [0.2, 0.25) is 0 Å². The van der Waals surface area contributed by atoms with Gasteiger partial charge in [-0.05, 0) is 52.1 Å². The molecule has 4 heteroatoms. The van der Waals surface area contributed by atoms with Crippen LogP contribution < -0.4 is 34.7 Å². The predicted molar refractivity (Wildman–Crippen MR) is 190 cm³/mol. The van der Waals surface area contributed by atoms with E-state index >= 15 is 0 Å². The van der Waals surface area contributed by atoms with Crippen molar-refractivity contribution in [2.75, 3.05) is 13.1 Å². The molecule has 1 atom stereocenters. The number of carboxylic acids is 1. The Labute approximate surface area is 300 Å². The molecule has 0 aliphatic carbocycles. The van der Waals surface area contributed by atoms with Crippen molar-refractivity contribution in [1.82, 2.24) is 4.90 Å². The van der Waals surface area contributed by atoms with Gasteiger partial charge in [0, 0.05) is 12.0 Å². The molecule has 0 rings (SSSR count). The summed E-state index contributed by atoms with van der Waals surface area (Å²) in [6.45, 7) is 9.27. The molecular formula is C40H80NNaO2. The summed E-state index contributed by atoms with van der Waals surface area (Å²) in [7, 11) is 0. The second-order valence-electron chi connectivity index (χ2n) is 14.0. The van der Waals surface area contributed by atoms with Crippen molar-refractivity contribution in [3.63, 3.8) is 0 Å². The minimum atomic E-state index is -0.899. The number of carbonyl (C=O) groups is 1. The molecule has 44 heavy (non-hydrogen) atoms. The van der Waals surface area contributed by atoms with Crippen LogP contribution in [0.25, 0.3) is 0 Å².